The predicted molar refractivity (Wildman–Crippen MR) is 74.4 cm³/mol. The molecule has 1 saturated heterocycles. The number of likely N-dealkylation sites (tertiary alicyclic amines) is 1. The zero-order valence-corrected chi connectivity index (χ0v) is 12.2. The Bertz CT molecular complexity index is 291. The van der Waals surface area contributed by atoms with Gasteiger partial charge in [0.25, 0.3) is 0 Å². The number of carbonyl (C=O) groups is 1. The molecule has 3 nitrogen and oxygen atoms in total. The minimum Gasteiger partial charge on any atom is -0.352 e. The Hall–Kier alpha value is -0.570. The van der Waals surface area contributed by atoms with Crippen LogP contribution in [-0.4, -0.2) is 36.5 Å². The average Bonchev–Trinajstić information content (AvgIpc) is 2.23. The molecular formula is C15H28N2O. The van der Waals surface area contributed by atoms with Crippen LogP contribution in [0.15, 0.2) is 0 Å². The first-order chi connectivity index (χ1) is 8.45. The van der Waals surface area contributed by atoms with Crippen LogP contribution in [0.5, 0.6) is 0 Å². The molecule has 2 rings (SSSR count). The molecule has 1 saturated carbocycles. The van der Waals surface area contributed by atoms with E-state index in [9.17, 15) is 4.79 Å². The van der Waals surface area contributed by atoms with E-state index in [0.29, 0.717) is 6.04 Å². The molecule has 1 heterocycles. The largest absolute Gasteiger partial charge is 0.352 e. The minimum atomic E-state index is -0.268. The van der Waals surface area contributed by atoms with Crippen molar-refractivity contribution in [2.24, 2.45) is 11.3 Å². The fourth-order valence-electron chi connectivity index (χ4n) is 2.78. The van der Waals surface area contributed by atoms with Gasteiger partial charge in [0.1, 0.15) is 0 Å². The van der Waals surface area contributed by atoms with Gasteiger partial charge in [0.05, 0.1) is 0 Å². The van der Waals surface area contributed by atoms with Crippen LogP contribution in [0.1, 0.15) is 52.9 Å². The van der Waals surface area contributed by atoms with Crippen LogP contribution in [0, 0.1) is 11.3 Å². The number of nitrogens with zero attached hydrogens (tertiary/aromatic N) is 1. The minimum absolute atomic E-state index is 0.193. The second-order valence-corrected chi connectivity index (χ2v) is 7.12. The van der Waals surface area contributed by atoms with E-state index in [4.69, 9.17) is 0 Å². The fraction of sp³-hybridized carbons (Fsp3) is 0.933. The molecule has 0 aromatic heterocycles. The number of rotatable bonds is 3. The number of hydrogen-bond acceptors (Lipinski definition) is 2. The third kappa shape index (κ3) is 3.71. The summed E-state index contributed by atoms with van der Waals surface area (Å²) in [7, 11) is 0. The molecule has 104 valence electrons. The number of nitrogens with one attached hydrogen (secondary N) is 1. The maximum Gasteiger partial charge on any atom is 0.225 e. The van der Waals surface area contributed by atoms with E-state index >= 15 is 0 Å². The van der Waals surface area contributed by atoms with Crippen molar-refractivity contribution in [1.29, 1.82) is 0 Å². The van der Waals surface area contributed by atoms with Crippen LogP contribution >= 0.6 is 0 Å². The van der Waals surface area contributed by atoms with E-state index in [-0.39, 0.29) is 11.3 Å². The van der Waals surface area contributed by atoms with Gasteiger partial charge in [0, 0.05) is 24.5 Å². The third-order valence-corrected chi connectivity index (χ3v) is 4.26. The van der Waals surface area contributed by atoms with Crippen molar-refractivity contribution in [3.8, 4) is 0 Å². The van der Waals surface area contributed by atoms with Crippen molar-refractivity contribution in [3.63, 3.8) is 0 Å². The van der Waals surface area contributed by atoms with E-state index in [2.05, 4.69) is 10.2 Å². The highest BCUT2D eigenvalue weighted by Gasteiger charge is 2.28. The van der Waals surface area contributed by atoms with Crippen LogP contribution in [0.25, 0.3) is 0 Å². The average molecular weight is 252 g/mol. The summed E-state index contributed by atoms with van der Waals surface area (Å²) in [6, 6.07) is 0.366. The van der Waals surface area contributed by atoms with Gasteiger partial charge in [-0.15, -0.1) is 0 Å². The Morgan fingerprint density at radius 2 is 1.94 bits per heavy atom. The highest BCUT2D eigenvalue weighted by molar-refractivity contribution is 5.81. The maximum atomic E-state index is 12.0. The molecule has 3 heteroatoms. The highest BCUT2D eigenvalue weighted by atomic mass is 16.2. The number of carbonyl (C=O) groups excluding carboxylic acids is 1. The predicted octanol–water partition coefficient (Wildman–Crippen LogP) is 2.41. The molecule has 0 radical (unpaired) electrons. The summed E-state index contributed by atoms with van der Waals surface area (Å²) >= 11 is 0. The Kier molecular flexibility index (Phi) is 4.31. The monoisotopic (exact) mass is 252 g/mol. The second-order valence-electron chi connectivity index (χ2n) is 7.12. The van der Waals surface area contributed by atoms with E-state index < -0.39 is 0 Å². The highest BCUT2D eigenvalue weighted by Crippen LogP contribution is 2.28. The Morgan fingerprint density at radius 1 is 1.22 bits per heavy atom. The number of piperidine rings is 1. The molecule has 1 N–H and O–H groups in total. The lowest BCUT2D eigenvalue weighted by Crippen LogP contribution is -2.51. The maximum absolute atomic E-state index is 12.0. The van der Waals surface area contributed by atoms with Gasteiger partial charge in [0.2, 0.25) is 5.91 Å². The third-order valence-electron chi connectivity index (χ3n) is 4.26. The van der Waals surface area contributed by atoms with Crippen LogP contribution < -0.4 is 5.32 Å². The molecule has 1 aliphatic heterocycles. The molecule has 18 heavy (non-hydrogen) atoms. The van der Waals surface area contributed by atoms with Gasteiger partial charge >= 0.3 is 0 Å². The standard InChI is InChI=1S/C15H28N2O/c1-15(2,3)14(18)16-13-8-5-9-17(11-13)10-12-6-4-7-12/h12-13H,4-11H2,1-3H3,(H,16,18). The molecule has 2 fully saturated rings. The summed E-state index contributed by atoms with van der Waals surface area (Å²) in [5, 5.41) is 3.22. The van der Waals surface area contributed by atoms with Crippen molar-refractivity contribution >= 4 is 5.91 Å². The van der Waals surface area contributed by atoms with Gasteiger partial charge < -0.3 is 10.2 Å². The lowest BCUT2D eigenvalue weighted by molar-refractivity contribution is -0.129. The molecule has 2 aliphatic rings. The van der Waals surface area contributed by atoms with E-state index in [0.717, 1.165) is 18.9 Å². The summed E-state index contributed by atoms with van der Waals surface area (Å²) in [5.74, 6) is 1.13. The van der Waals surface area contributed by atoms with Crippen LogP contribution in [0.4, 0.5) is 0 Å². The van der Waals surface area contributed by atoms with Crippen molar-refractivity contribution in [3.05, 3.63) is 0 Å². The zero-order valence-electron chi connectivity index (χ0n) is 12.2. The zero-order chi connectivity index (χ0) is 13.2. The van der Waals surface area contributed by atoms with Gasteiger partial charge in [-0.2, -0.15) is 0 Å². The Morgan fingerprint density at radius 3 is 2.50 bits per heavy atom. The van der Waals surface area contributed by atoms with Crippen LogP contribution in [0.3, 0.4) is 0 Å². The second kappa shape index (κ2) is 5.60. The van der Waals surface area contributed by atoms with Crippen LogP contribution in [0.2, 0.25) is 0 Å². The molecule has 1 unspecified atom stereocenters. The molecule has 1 aliphatic carbocycles. The van der Waals surface area contributed by atoms with E-state index in [1.54, 1.807) is 0 Å². The first-order valence-electron chi connectivity index (χ1n) is 7.48. The number of amides is 1. The van der Waals surface area contributed by atoms with Crippen LogP contribution in [-0.2, 0) is 4.79 Å². The van der Waals surface area contributed by atoms with Gasteiger partial charge in [0.15, 0.2) is 0 Å². The lowest BCUT2D eigenvalue weighted by atomic mass is 9.84. The first kappa shape index (κ1) is 13.9. The molecule has 0 aromatic rings. The summed E-state index contributed by atoms with van der Waals surface area (Å²) < 4.78 is 0. The van der Waals surface area contributed by atoms with Gasteiger partial charge in [-0.05, 0) is 38.1 Å². The summed E-state index contributed by atoms with van der Waals surface area (Å²) in [4.78, 5) is 14.6. The summed E-state index contributed by atoms with van der Waals surface area (Å²) in [6.07, 6.45) is 6.61. The normalized spacial score (nSPS) is 26.7. The van der Waals surface area contributed by atoms with Gasteiger partial charge in [-0.25, -0.2) is 0 Å². The smallest absolute Gasteiger partial charge is 0.225 e. The SMILES string of the molecule is CC(C)(C)C(=O)NC1CCCN(CC2CCC2)C1. The molecule has 0 bridgehead atoms. The van der Waals surface area contributed by atoms with Gasteiger partial charge in [-0.1, -0.05) is 27.2 Å². The van der Waals surface area contributed by atoms with Crippen molar-refractivity contribution in [1.82, 2.24) is 10.2 Å². The summed E-state index contributed by atoms with van der Waals surface area (Å²) in [5.41, 5.74) is -0.268. The van der Waals surface area contributed by atoms with Crippen molar-refractivity contribution in [2.75, 3.05) is 19.6 Å². The molecular weight excluding hydrogens is 224 g/mol. The van der Waals surface area contributed by atoms with Crippen molar-refractivity contribution in [2.45, 2.75) is 58.9 Å². The molecule has 1 amide bonds. The first-order valence-corrected chi connectivity index (χ1v) is 7.48. The molecule has 0 spiro atoms. The summed E-state index contributed by atoms with van der Waals surface area (Å²) in [6.45, 7) is 9.48. The Labute approximate surface area is 111 Å². The topological polar surface area (TPSA) is 32.3 Å². The molecule has 1 atom stereocenters. The quantitative estimate of drug-likeness (QED) is 0.836. The fourth-order valence-corrected chi connectivity index (χ4v) is 2.78. The van der Waals surface area contributed by atoms with Crippen molar-refractivity contribution < 1.29 is 4.79 Å². The Balaban J connectivity index is 1.77. The van der Waals surface area contributed by atoms with Gasteiger partial charge in [-0.3, -0.25) is 4.79 Å². The molecule has 0 aromatic carbocycles. The van der Waals surface area contributed by atoms with E-state index in [1.807, 2.05) is 20.8 Å². The lowest BCUT2D eigenvalue weighted by Gasteiger charge is -2.38. The number of hydrogen-bond donors (Lipinski definition) is 1. The van der Waals surface area contributed by atoms with E-state index in [1.165, 1.54) is 38.8 Å².